The molecule has 0 radical (unpaired) electrons. The number of allylic oxidation sites excluding steroid dienone is 1. The van der Waals surface area contributed by atoms with Gasteiger partial charge in [-0.25, -0.2) is 0 Å². The fraction of sp³-hybridized carbons (Fsp3) is 0.167. The molecule has 0 saturated heterocycles. The minimum Gasteiger partial charge on any atom is -0.618 e. The van der Waals surface area contributed by atoms with Gasteiger partial charge in [-0.1, -0.05) is 36.4 Å². The van der Waals surface area contributed by atoms with Crippen molar-refractivity contribution in [2.75, 3.05) is 11.9 Å². The summed E-state index contributed by atoms with van der Waals surface area (Å²) in [7, 11) is 0. The first-order chi connectivity index (χ1) is 10.2. The van der Waals surface area contributed by atoms with Gasteiger partial charge < -0.3 is 10.5 Å². The lowest BCUT2D eigenvalue weighted by Crippen LogP contribution is -2.06. The van der Waals surface area contributed by atoms with E-state index in [1.54, 1.807) is 24.4 Å². The molecule has 0 aliphatic heterocycles. The fourth-order valence-electron chi connectivity index (χ4n) is 2.12. The SMILES string of the molecule is C=CC(C=[N+]([O-])c1ccccc1)c1ccc(NCC)cc1. The molecule has 0 aliphatic carbocycles. The number of hydrogen-bond donors (Lipinski definition) is 1. The standard InChI is InChI=1S/C18H20N2O/c1-3-15(14-20(21)18-8-6-5-7-9-18)16-10-12-17(13-11-16)19-4-2/h3,5-15,19H,1,4H2,2H3. The average molecular weight is 280 g/mol. The molecule has 0 amide bonds. The first kappa shape index (κ1) is 14.9. The highest BCUT2D eigenvalue weighted by molar-refractivity contribution is 5.68. The van der Waals surface area contributed by atoms with Crippen molar-refractivity contribution in [3.63, 3.8) is 0 Å². The highest BCUT2D eigenvalue weighted by Gasteiger charge is 2.10. The zero-order valence-electron chi connectivity index (χ0n) is 12.2. The van der Waals surface area contributed by atoms with Gasteiger partial charge in [0, 0.05) is 24.4 Å². The normalized spacial score (nSPS) is 12.7. The van der Waals surface area contributed by atoms with Gasteiger partial charge in [-0.3, -0.25) is 0 Å². The van der Waals surface area contributed by atoms with Crippen LogP contribution in [0.15, 0.2) is 67.3 Å². The summed E-state index contributed by atoms with van der Waals surface area (Å²) in [6.45, 7) is 6.78. The molecule has 0 bridgehead atoms. The molecular weight excluding hydrogens is 260 g/mol. The molecule has 0 spiro atoms. The molecule has 0 saturated carbocycles. The summed E-state index contributed by atoms with van der Waals surface area (Å²) in [5, 5.41) is 15.4. The van der Waals surface area contributed by atoms with E-state index >= 15 is 0 Å². The first-order valence-corrected chi connectivity index (χ1v) is 7.07. The number of rotatable bonds is 6. The molecule has 108 valence electrons. The van der Waals surface area contributed by atoms with Gasteiger partial charge in [-0.2, -0.15) is 4.74 Å². The largest absolute Gasteiger partial charge is 0.618 e. The number of benzene rings is 2. The second kappa shape index (κ2) is 7.29. The predicted octanol–water partition coefficient (Wildman–Crippen LogP) is 4.30. The van der Waals surface area contributed by atoms with Gasteiger partial charge in [-0.15, -0.1) is 6.58 Å². The number of nitrogens with zero attached hydrogens (tertiary/aromatic N) is 1. The van der Waals surface area contributed by atoms with Gasteiger partial charge in [0.15, 0.2) is 6.21 Å². The highest BCUT2D eigenvalue weighted by Crippen LogP contribution is 2.19. The molecule has 0 aromatic heterocycles. The van der Waals surface area contributed by atoms with E-state index in [1.165, 1.54) is 0 Å². The third kappa shape index (κ3) is 3.96. The summed E-state index contributed by atoms with van der Waals surface area (Å²) in [6.07, 6.45) is 3.40. The number of para-hydroxylation sites is 1. The Bertz CT molecular complexity index is 603. The van der Waals surface area contributed by atoms with Gasteiger partial charge >= 0.3 is 0 Å². The Hall–Kier alpha value is -2.55. The Morgan fingerprint density at radius 2 is 1.81 bits per heavy atom. The third-order valence-corrected chi connectivity index (χ3v) is 3.24. The summed E-state index contributed by atoms with van der Waals surface area (Å²) in [6, 6.07) is 17.2. The molecule has 3 heteroatoms. The highest BCUT2D eigenvalue weighted by atomic mass is 16.5. The molecule has 2 aromatic rings. The molecule has 0 aliphatic rings. The topological polar surface area (TPSA) is 38.1 Å². The molecule has 1 unspecified atom stereocenters. The Morgan fingerprint density at radius 3 is 2.38 bits per heavy atom. The van der Waals surface area contributed by atoms with Gasteiger partial charge in [0.1, 0.15) is 0 Å². The van der Waals surface area contributed by atoms with Crippen LogP contribution in [-0.2, 0) is 0 Å². The molecule has 1 N–H and O–H groups in total. The van der Waals surface area contributed by atoms with Crippen LogP contribution in [0.25, 0.3) is 0 Å². The van der Waals surface area contributed by atoms with Crippen LogP contribution in [0.3, 0.4) is 0 Å². The van der Waals surface area contributed by atoms with Crippen molar-refractivity contribution in [3.05, 3.63) is 78.0 Å². The van der Waals surface area contributed by atoms with E-state index in [2.05, 4.69) is 18.8 Å². The molecular formula is C18H20N2O. The second-order valence-corrected chi connectivity index (χ2v) is 4.72. The van der Waals surface area contributed by atoms with Gasteiger partial charge in [0.25, 0.3) is 0 Å². The number of nitrogens with one attached hydrogen (secondary N) is 1. The molecule has 3 nitrogen and oxygen atoms in total. The van der Waals surface area contributed by atoms with Gasteiger partial charge in [0.2, 0.25) is 5.69 Å². The molecule has 2 aromatic carbocycles. The summed E-state index contributed by atoms with van der Waals surface area (Å²) < 4.78 is 0.893. The Morgan fingerprint density at radius 1 is 1.14 bits per heavy atom. The van der Waals surface area contributed by atoms with E-state index in [9.17, 15) is 5.21 Å². The summed E-state index contributed by atoms with van der Waals surface area (Å²) in [5.41, 5.74) is 2.74. The lowest BCUT2D eigenvalue weighted by Gasteiger charge is -2.10. The summed E-state index contributed by atoms with van der Waals surface area (Å²) in [5.74, 6) is -0.113. The molecule has 2 rings (SSSR count). The van der Waals surface area contributed by atoms with Crippen LogP contribution in [0.5, 0.6) is 0 Å². The predicted molar refractivity (Wildman–Crippen MR) is 89.3 cm³/mol. The lowest BCUT2D eigenvalue weighted by molar-refractivity contribution is -0.356. The first-order valence-electron chi connectivity index (χ1n) is 7.07. The molecule has 0 fully saturated rings. The van der Waals surface area contributed by atoms with E-state index < -0.39 is 0 Å². The van der Waals surface area contributed by atoms with Crippen molar-refractivity contribution in [1.82, 2.24) is 0 Å². The molecule has 0 heterocycles. The van der Waals surface area contributed by atoms with Crippen molar-refractivity contribution >= 4 is 17.6 Å². The fourth-order valence-corrected chi connectivity index (χ4v) is 2.12. The van der Waals surface area contributed by atoms with Crippen molar-refractivity contribution < 1.29 is 4.74 Å². The van der Waals surface area contributed by atoms with Crippen LogP contribution in [0.4, 0.5) is 11.4 Å². The minimum absolute atomic E-state index is 0.113. The van der Waals surface area contributed by atoms with Crippen molar-refractivity contribution in [2.45, 2.75) is 12.8 Å². The summed E-state index contributed by atoms with van der Waals surface area (Å²) >= 11 is 0. The van der Waals surface area contributed by atoms with Crippen molar-refractivity contribution in [2.24, 2.45) is 0 Å². The Balaban J connectivity index is 2.21. The third-order valence-electron chi connectivity index (χ3n) is 3.24. The molecule has 1 atom stereocenters. The van der Waals surface area contributed by atoms with Crippen LogP contribution in [0.1, 0.15) is 18.4 Å². The van der Waals surface area contributed by atoms with Crippen molar-refractivity contribution in [3.8, 4) is 0 Å². The van der Waals surface area contributed by atoms with Crippen LogP contribution in [0.2, 0.25) is 0 Å². The quantitative estimate of drug-likeness (QED) is 0.282. The maximum atomic E-state index is 12.2. The van der Waals surface area contributed by atoms with E-state index in [0.29, 0.717) is 5.69 Å². The lowest BCUT2D eigenvalue weighted by atomic mass is 10.00. The van der Waals surface area contributed by atoms with Crippen LogP contribution in [-0.4, -0.2) is 17.5 Å². The van der Waals surface area contributed by atoms with Crippen LogP contribution >= 0.6 is 0 Å². The van der Waals surface area contributed by atoms with Crippen molar-refractivity contribution in [1.29, 1.82) is 0 Å². The Labute approximate surface area is 125 Å². The van der Waals surface area contributed by atoms with E-state index in [1.807, 2.05) is 42.5 Å². The number of anilines is 1. The van der Waals surface area contributed by atoms with Crippen LogP contribution in [0, 0.1) is 5.21 Å². The minimum atomic E-state index is -0.113. The maximum Gasteiger partial charge on any atom is 0.216 e. The van der Waals surface area contributed by atoms with E-state index in [0.717, 1.165) is 22.5 Å². The average Bonchev–Trinajstić information content (AvgIpc) is 2.54. The second-order valence-electron chi connectivity index (χ2n) is 4.72. The zero-order chi connectivity index (χ0) is 15.1. The van der Waals surface area contributed by atoms with E-state index in [4.69, 9.17) is 0 Å². The van der Waals surface area contributed by atoms with Crippen LogP contribution < -0.4 is 5.32 Å². The zero-order valence-corrected chi connectivity index (χ0v) is 12.2. The number of hydrogen-bond acceptors (Lipinski definition) is 2. The van der Waals surface area contributed by atoms with E-state index in [-0.39, 0.29) is 5.92 Å². The van der Waals surface area contributed by atoms with Gasteiger partial charge in [0.05, 0.1) is 5.92 Å². The van der Waals surface area contributed by atoms with Gasteiger partial charge in [-0.05, 0) is 24.6 Å². The monoisotopic (exact) mass is 280 g/mol. The Kier molecular flexibility index (Phi) is 5.16. The smallest absolute Gasteiger partial charge is 0.216 e. The maximum absolute atomic E-state index is 12.2. The summed E-state index contributed by atoms with van der Waals surface area (Å²) in [4.78, 5) is 0. The molecule has 21 heavy (non-hydrogen) atoms.